The van der Waals surface area contributed by atoms with E-state index < -0.39 is 20.0 Å². The summed E-state index contributed by atoms with van der Waals surface area (Å²) in [4.78, 5) is 5.19. The van der Waals surface area contributed by atoms with Gasteiger partial charge in [0.25, 0.3) is 0 Å². The van der Waals surface area contributed by atoms with Crippen molar-refractivity contribution in [3.8, 4) is 0 Å². The molecule has 2 aromatic carbocycles. The Kier molecular flexibility index (Phi) is 8.30. The van der Waals surface area contributed by atoms with Crippen molar-refractivity contribution in [1.82, 2.24) is 9.80 Å². The maximum atomic E-state index is 11.6. The predicted octanol–water partition coefficient (Wildman–Crippen LogP) is 2.35. The van der Waals surface area contributed by atoms with Gasteiger partial charge in [0.15, 0.2) is 0 Å². The summed E-state index contributed by atoms with van der Waals surface area (Å²) in [6.45, 7) is 5.62. The monoisotopic (exact) mass is 520 g/mol. The number of hydrogen-bond donors (Lipinski definition) is 2. The van der Waals surface area contributed by atoms with Crippen molar-refractivity contribution in [3.63, 3.8) is 0 Å². The highest BCUT2D eigenvalue weighted by Gasteiger charge is 2.20. The normalized spacial score (nSPS) is 17.2. The van der Waals surface area contributed by atoms with Gasteiger partial charge in [0, 0.05) is 26.2 Å². The van der Waals surface area contributed by atoms with E-state index in [1.807, 2.05) is 12.1 Å². The van der Waals surface area contributed by atoms with Gasteiger partial charge in [-0.25, -0.2) is 27.1 Å². The molecule has 0 unspecified atom stereocenters. The summed E-state index contributed by atoms with van der Waals surface area (Å²) < 4.78 is 46.5. The first-order valence-electron chi connectivity index (χ1n) is 12.3. The lowest BCUT2D eigenvalue weighted by atomic mass is 9.99. The molecule has 0 spiro atoms. The van der Waals surface area contributed by atoms with E-state index >= 15 is 0 Å². The van der Waals surface area contributed by atoms with Gasteiger partial charge < -0.3 is 0 Å². The summed E-state index contributed by atoms with van der Waals surface area (Å²) in [5.74, 6) is 0. The van der Waals surface area contributed by atoms with Gasteiger partial charge in [-0.3, -0.25) is 9.80 Å². The quantitative estimate of drug-likeness (QED) is 0.463. The largest absolute Gasteiger partial charge is 0.299 e. The molecule has 0 saturated heterocycles. The molecular weight excluding hydrogens is 484 g/mol. The van der Waals surface area contributed by atoms with E-state index in [4.69, 9.17) is 10.3 Å². The molecule has 0 saturated carbocycles. The molecule has 192 valence electrons. The number of benzene rings is 2. The van der Waals surface area contributed by atoms with Crippen LogP contribution < -0.4 is 10.3 Å². The summed E-state index contributed by atoms with van der Waals surface area (Å²) in [6.07, 6.45) is 7.72. The number of nitrogens with two attached hydrogens (primary N) is 2. The second-order valence-electron chi connectivity index (χ2n) is 9.77. The first kappa shape index (κ1) is 26.2. The van der Waals surface area contributed by atoms with E-state index in [0.717, 1.165) is 76.1 Å². The van der Waals surface area contributed by atoms with Gasteiger partial charge in [-0.2, -0.15) is 0 Å². The van der Waals surface area contributed by atoms with Gasteiger partial charge in [0.05, 0.1) is 9.79 Å². The Morgan fingerprint density at radius 1 is 0.600 bits per heavy atom. The highest BCUT2D eigenvalue weighted by atomic mass is 32.2. The zero-order chi connectivity index (χ0) is 25.1. The lowest BCUT2D eigenvalue weighted by Crippen LogP contribution is -2.32. The van der Waals surface area contributed by atoms with Crippen LogP contribution in [0.25, 0.3) is 0 Å². The van der Waals surface area contributed by atoms with Crippen LogP contribution in [-0.2, 0) is 46.0 Å². The average Bonchev–Trinajstić information content (AvgIpc) is 2.81. The molecule has 0 aliphatic carbocycles. The summed E-state index contributed by atoms with van der Waals surface area (Å²) in [6, 6.07) is 10.5. The second-order valence-corrected chi connectivity index (χ2v) is 12.9. The number of unbranched alkanes of at least 4 members (excludes halogenated alkanes) is 4. The molecular formula is C25H36N4O4S2. The van der Waals surface area contributed by atoms with Crippen LogP contribution in [0.3, 0.4) is 0 Å². The smallest absolute Gasteiger partial charge is 0.238 e. The minimum Gasteiger partial charge on any atom is -0.299 e. The molecule has 8 nitrogen and oxygen atoms in total. The van der Waals surface area contributed by atoms with Crippen molar-refractivity contribution in [1.29, 1.82) is 0 Å². The number of fused-ring (bicyclic) bond motifs is 2. The molecule has 0 aromatic heterocycles. The van der Waals surface area contributed by atoms with Crippen molar-refractivity contribution in [2.45, 2.75) is 67.8 Å². The maximum Gasteiger partial charge on any atom is 0.238 e. The van der Waals surface area contributed by atoms with Gasteiger partial charge in [-0.15, -0.1) is 0 Å². The fraction of sp³-hybridized carbons (Fsp3) is 0.520. The Bertz CT molecular complexity index is 1160. The molecule has 10 heteroatoms. The SMILES string of the molecule is NS(=O)(=O)c1ccc2c(c1)CN(CCCCCCCN1CCc3ccc(S(N)(=O)=O)cc3C1)CC2. The zero-order valence-corrected chi connectivity index (χ0v) is 21.8. The van der Waals surface area contributed by atoms with Crippen molar-refractivity contribution < 1.29 is 16.8 Å². The molecule has 4 N–H and O–H groups in total. The van der Waals surface area contributed by atoms with Gasteiger partial charge >= 0.3 is 0 Å². The van der Waals surface area contributed by atoms with Crippen LogP contribution in [0.1, 0.15) is 54.4 Å². The fourth-order valence-corrected chi connectivity index (χ4v) is 6.25. The number of sulfonamides is 2. The third-order valence-corrected chi connectivity index (χ3v) is 8.97. The molecule has 0 amide bonds. The highest BCUT2D eigenvalue weighted by Crippen LogP contribution is 2.24. The molecule has 2 aliphatic heterocycles. The predicted molar refractivity (Wildman–Crippen MR) is 137 cm³/mol. The highest BCUT2D eigenvalue weighted by molar-refractivity contribution is 7.89. The lowest BCUT2D eigenvalue weighted by Gasteiger charge is -2.29. The number of rotatable bonds is 10. The van der Waals surface area contributed by atoms with E-state index in [1.165, 1.54) is 30.4 Å². The molecule has 0 radical (unpaired) electrons. The molecule has 2 aliphatic rings. The van der Waals surface area contributed by atoms with Crippen LogP contribution >= 0.6 is 0 Å². The lowest BCUT2D eigenvalue weighted by molar-refractivity contribution is 0.241. The Labute approximate surface area is 209 Å². The minimum absolute atomic E-state index is 0.195. The average molecular weight is 521 g/mol. The molecule has 0 bridgehead atoms. The van der Waals surface area contributed by atoms with Crippen LogP contribution in [0, 0.1) is 0 Å². The van der Waals surface area contributed by atoms with Crippen molar-refractivity contribution in [2.75, 3.05) is 26.2 Å². The van der Waals surface area contributed by atoms with E-state index in [2.05, 4.69) is 9.80 Å². The molecule has 35 heavy (non-hydrogen) atoms. The molecule has 0 fully saturated rings. The molecule has 2 aromatic rings. The fourth-order valence-electron chi connectivity index (χ4n) is 5.12. The van der Waals surface area contributed by atoms with Gasteiger partial charge in [-0.05, 0) is 85.3 Å². The topological polar surface area (TPSA) is 127 Å². The number of hydrogen-bond acceptors (Lipinski definition) is 6. The van der Waals surface area contributed by atoms with Gasteiger partial charge in [0.2, 0.25) is 20.0 Å². The van der Waals surface area contributed by atoms with E-state index in [9.17, 15) is 16.8 Å². The molecule has 0 atom stereocenters. The van der Waals surface area contributed by atoms with Crippen molar-refractivity contribution >= 4 is 20.0 Å². The second kappa shape index (κ2) is 11.1. The van der Waals surface area contributed by atoms with Crippen LogP contribution in [0.2, 0.25) is 0 Å². The summed E-state index contributed by atoms with van der Waals surface area (Å²) in [5, 5.41) is 10.6. The summed E-state index contributed by atoms with van der Waals surface area (Å²) >= 11 is 0. The van der Waals surface area contributed by atoms with E-state index in [0.29, 0.717) is 0 Å². The molecule has 2 heterocycles. The third kappa shape index (κ3) is 7.12. The standard InChI is InChI=1S/C25H36N4O4S2/c26-34(30,31)24-8-6-20-10-14-28(18-22(20)16-24)12-4-2-1-3-5-13-29-15-11-21-7-9-25(35(27,32)33)17-23(21)19-29/h6-9,16-17H,1-5,10-15,18-19H2,(H2,26,30,31)(H2,27,32,33). The number of nitrogens with zero attached hydrogens (tertiary/aromatic N) is 2. The van der Waals surface area contributed by atoms with Crippen LogP contribution in [0.4, 0.5) is 0 Å². The van der Waals surface area contributed by atoms with Crippen LogP contribution in [0.15, 0.2) is 46.2 Å². The van der Waals surface area contributed by atoms with Crippen molar-refractivity contribution in [3.05, 3.63) is 58.7 Å². The summed E-state index contributed by atoms with van der Waals surface area (Å²) in [7, 11) is -7.33. The minimum atomic E-state index is -3.67. The first-order valence-corrected chi connectivity index (χ1v) is 15.4. The molecule has 4 rings (SSSR count). The van der Waals surface area contributed by atoms with Crippen LogP contribution in [0.5, 0.6) is 0 Å². The van der Waals surface area contributed by atoms with Gasteiger partial charge in [0.1, 0.15) is 0 Å². The number of primary sulfonamides is 2. The first-order chi connectivity index (χ1) is 16.6. The third-order valence-electron chi connectivity index (χ3n) is 7.14. The van der Waals surface area contributed by atoms with Crippen molar-refractivity contribution in [2.24, 2.45) is 10.3 Å². The van der Waals surface area contributed by atoms with E-state index in [1.54, 1.807) is 24.3 Å². The van der Waals surface area contributed by atoms with E-state index in [-0.39, 0.29) is 9.79 Å². The Balaban J connectivity index is 1.14. The van der Waals surface area contributed by atoms with Crippen LogP contribution in [-0.4, -0.2) is 52.8 Å². The summed E-state index contributed by atoms with van der Waals surface area (Å²) in [5.41, 5.74) is 4.58. The Morgan fingerprint density at radius 3 is 1.40 bits per heavy atom. The Hall–Kier alpha value is -1.82. The zero-order valence-electron chi connectivity index (χ0n) is 20.2. The Morgan fingerprint density at radius 2 is 1.00 bits per heavy atom. The van der Waals surface area contributed by atoms with Gasteiger partial charge in [-0.1, -0.05) is 31.4 Å². The maximum absolute atomic E-state index is 11.6.